The third-order valence-electron chi connectivity index (χ3n) is 4.29. The minimum absolute atomic E-state index is 0.563. The van der Waals surface area contributed by atoms with E-state index in [0.29, 0.717) is 6.04 Å². The molecule has 0 aromatic carbocycles. The first-order valence-electron chi connectivity index (χ1n) is 7.78. The zero-order valence-electron chi connectivity index (χ0n) is 12.6. The molecule has 22 heavy (non-hydrogen) atoms. The number of aromatic nitrogens is 4. The summed E-state index contributed by atoms with van der Waals surface area (Å²) in [4.78, 5) is 16.5. The molecule has 0 atom stereocenters. The van der Waals surface area contributed by atoms with Crippen LogP contribution in [0.15, 0.2) is 30.9 Å². The first-order chi connectivity index (χ1) is 10.8. The highest BCUT2D eigenvalue weighted by molar-refractivity contribution is 5.80. The van der Waals surface area contributed by atoms with E-state index in [-0.39, 0.29) is 0 Å². The van der Waals surface area contributed by atoms with Crippen molar-refractivity contribution in [3.63, 3.8) is 0 Å². The molecule has 2 N–H and O–H groups in total. The van der Waals surface area contributed by atoms with Gasteiger partial charge in [-0.1, -0.05) is 0 Å². The minimum atomic E-state index is 0.563. The maximum Gasteiger partial charge on any atom is 0.222 e. The molecule has 0 spiro atoms. The number of aromatic amines is 1. The molecule has 5 nitrogen and oxygen atoms in total. The number of rotatable bonds is 4. The van der Waals surface area contributed by atoms with Crippen molar-refractivity contribution in [1.82, 2.24) is 19.9 Å². The van der Waals surface area contributed by atoms with Gasteiger partial charge in [-0.3, -0.25) is 0 Å². The van der Waals surface area contributed by atoms with Gasteiger partial charge in [0.05, 0.1) is 0 Å². The molecular formula is C17H19N5. The smallest absolute Gasteiger partial charge is 0.222 e. The molecular weight excluding hydrogens is 274 g/mol. The summed E-state index contributed by atoms with van der Waals surface area (Å²) in [6.07, 6.45) is 12.3. The number of hydrogen-bond donors (Lipinski definition) is 2. The van der Waals surface area contributed by atoms with Gasteiger partial charge in [-0.15, -0.1) is 0 Å². The van der Waals surface area contributed by atoms with Crippen molar-refractivity contribution in [2.75, 3.05) is 5.32 Å². The van der Waals surface area contributed by atoms with Crippen LogP contribution >= 0.6 is 0 Å². The highest BCUT2D eigenvalue weighted by Gasteiger charge is 2.17. The van der Waals surface area contributed by atoms with E-state index in [4.69, 9.17) is 0 Å². The predicted molar refractivity (Wildman–Crippen MR) is 86.9 cm³/mol. The maximum atomic E-state index is 4.43. The molecule has 112 valence electrons. The molecule has 5 heteroatoms. The fourth-order valence-corrected chi connectivity index (χ4v) is 2.78. The fraction of sp³-hybridized carbons (Fsp3) is 0.353. The van der Waals surface area contributed by atoms with E-state index >= 15 is 0 Å². The van der Waals surface area contributed by atoms with Crippen LogP contribution in [-0.4, -0.2) is 26.0 Å². The number of hydrogen-bond acceptors (Lipinski definition) is 4. The lowest BCUT2D eigenvalue weighted by Gasteiger charge is -2.26. The maximum absolute atomic E-state index is 4.43. The molecule has 1 fully saturated rings. The van der Waals surface area contributed by atoms with E-state index in [0.717, 1.165) is 23.6 Å². The number of aryl methyl sites for hydroxylation is 1. The zero-order valence-corrected chi connectivity index (χ0v) is 12.6. The monoisotopic (exact) mass is 293 g/mol. The summed E-state index contributed by atoms with van der Waals surface area (Å²) in [5.41, 5.74) is 4.45. The highest BCUT2D eigenvalue weighted by atomic mass is 15.1. The average molecular weight is 293 g/mol. The summed E-state index contributed by atoms with van der Waals surface area (Å²) in [6, 6.07) is 2.73. The number of pyridine rings is 1. The molecule has 0 radical (unpaired) electrons. The lowest BCUT2D eigenvalue weighted by Crippen LogP contribution is -2.27. The van der Waals surface area contributed by atoms with Crippen molar-refractivity contribution in [2.24, 2.45) is 0 Å². The third kappa shape index (κ3) is 2.54. The number of fused-ring (bicyclic) bond motifs is 1. The van der Waals surface area contributed by atoms with Gasteiger partial charge in [-0.25, -0.2) is 15.0 Å². The Morgan fingerprint density at radius 1 is 1.18 bits per heavy atom. The lowest BCUT2D eigenvalue weighted by molar-refractivity contribution is 0.443. The largest absolute Gasteiger partial charge is 0.351 e. The van der Waals surface area contributed by atoms with Crippen LogP contribution in [-0.2, 0) is 6.42 Å². The van der Waals surface area contributed by atoms with Crippen LogP contribution < -0.4 is 5.32 Å². The molecule has 0 unspecified atom stereocenters. The van der Waals surface area contributed by atoms with Crippen molar-refractivity contribution in [1.29, 1.82) is 0 Å². The fourth-order valence-electron chi connectivity index (χ4n) is 2.78. The predicted octanol–water partition coefficient (Wildman–Crippen LogP) is 3.22. The molecule has 1 aliphatic rings. The molecule has 1 saturated carbocycles. The quantitative estimate of drug-likeness (QED) is 0.775. The van der Waals surface area contributed by atoms with Crippen LogP contribution in [0.25, 0.3) is 11.0 Å². The Morgan fingerprint density at radius 3 is 2.73 bits per heavy atom. The molecule has 0 amide bonds. The van der Waals surface area contributed by atoms with Crippen LogP contribution in [0.2, 0.25) is 0 Å². The Bertz CT molecular complexity index is 786. The van der Waals surface area contributed by atoms with Gasteiger partial charge >= 0.3 is 0 Å². The Morgan fingerprint density at radius 2 is 2.00 bits per heavy atom. The molecule has 3 heterocycles. The van der Waals surface area contributed by atoms with Crippen molar-refractivity contribution in [3.05, 3.63) is 47.5 Å². The van der Waals surface area contributed by atoms with Gasteiger partial charge in [0.1, 0.15) is 5.65 Å². The van der Waals surface area contributed by atoms with Gasteiger partial charge in [-0.05, 0) is 48.9 Å². The van der Waals surface area contributed by atoms with E-state index in [9.17, 15) is 0 Å². The van der Waals surface area contributed by atoms with Crippen molar-refractivity contribution < 1.29 is 0 Å². The molecule has 4 rings (SSSR count). The summed E-state index contributed by atoms with van der Waals surface area (Å²) >= 11 is 0. The average Bonchev–Trinajstić information content (AvgIpc) is 2.87. The second kappa shape index (κ2) is 5.40. The van der Waals surface area contributed by atoms with Crippen molar-refractivity contribution >= 4 is 17.0 Å². The molecule has 1 aliphatic carbocycles. The van der Waals surface area contributed by atoms with E-state index < -0.39 is 0 Å². The second-order valence-corrected chi connectivity index (χ2v) is 6.09. The van der Waals surface area contributed by atoms with Gasteiger partial charge in [0.2, 0.25) is 5.95 Å². The van der Waals surface area contributed by atoms with E-state index in [1.54, 1.807) is 0 Å². The Labute approximate surface area is 129 Å². The van der Waals surface area contributed by atoms with Crippen LogP contribution in [0.3, 0.4) is 0 Å². The summed E-state index contributed by atoms with van der Waals surface area (Å²) in [5, 5.41) is 4.54. The van der Waals surface area contributed by atoms with Crippen LogP contribution in [0.1, 0.15) is 36.0 Å². The number of anilines is 1. The summed E-state index contributed by atoms with van der Waals surface area (Å²) in [6.45, 7) is 2.06. The van der Waals surface area contributed by atoms with Crippen molar-refractivity contribution in [2.45, 2.75) is 38.6 Å². The van der Waals surface area contributed by atoms with Crippen LogP contribution in [0.4, 0.5) is 5.95 Å². The third-order valence-corrected chi connectivity index (χ3v) is 4.29. The normalized spacial score (nSPS) is 15.0. The zero-order chi connectivity index (χ0) is 14.9. The summed E-state index contributed by atoms with van der Waals surface area (Å²) in [7, 11) is 0. The highest BCUT2D eigenvalue weighted by Crippen LogP contribution is 2.22. The molecule has 3 aromatic rings. The van der Waals surface area contributed by atoms with Crippen molar-refractivity contribution in [3.8, 4) is 0 Å². The standard InChI is InChI=1S/C17H19N5/c1-11-5-15-13(10-19-16(15)18-7-11)6-12-8-20-17(21-9-12)22-14-3-2-4-14/h5,7-10,14H,2-4,6H2,1H3,(H,18,19)(H,20,21,22). The van der Waals surface area contributed by atoms with Gasteiger partial charge in [-0.2, -0.15) is 0 Å². The summed E-state index contributed by atoms with van der Waals surface area (Å²) in [5.74, 6) is 0.741. The van der Waals surface area contributed by atoms with E-state index in [1.165, 1.54) is 35.8 Å². The lowest BCUT2D eigenvalue weighted by atomic mass is 9.93. The van der Waals surface area contributed by atoms with Crippen LogP contribution in [0, 0.1) is 6.92 Å². The second-order valence-electron chi connectivity index (χ2n) is 6.09. The van der Waals surface area contributed by atoms with Gasteiger partial charge < -0.3 is 10.3 Å². The SMILES string of the molecule is Cc1cnc2[nH]cc(Cc3cnc(NC4CCC4)nc3)c2c1. The first kappa shape index (κ1) is 13.2. The topological polar surface area (TPSA) is 66.5 Å². The summed E-state index contributed by atoms with van der Waals surface area (Å²) < 4.78 is 0. The van der Waals surface area contributed by atoms with E-state index in [1.807, 2.05) is 24.8 Å². The molecule has 0 saturated heterocycles. The van der Waals surface area contributed by atoms with Gasteiger partial charge in [0, 0.05) is 42.6 Å². The van der Waals surface area contributed by atoms with Crippen LogP contribution in [0.5, 0.6) is 0 Å². The molecule has 3 aromatic heterocycles. The Balaban J connectivity index is 1.53. The number of nitrogens with one attached hydrogen (secondary N) is 2. The Kier molecular flexibility index (Phi) is 3.25. The number of H-pyrrole nitrogens is 1. The first-order valence-corrected chi connectivity index (χ1v) is 7.78. The molecule has 0 bridgehead atoms. The van der Waals surface area contributed by atoms with Gasteiger partial charge in [0.25, 0.3) is 0 Å². The molecule has 0 aliphatic heterocycles. The number of nitrogens with zero attached hydrogens (tertiary/aromatic N) is 3. The van der Waals surface area contributed by atoms with Gasteiger partial charge in [0.15, 0.2) is 0 Å². The van der Waals surface area contributed by atoms with E-state index in [2.05, 4.69) is 38.2 Å². The Hall–Kier alpha value is -2.43. The minimum Gasteiger partial charge on any atom is -0.351 e.